The molecule has 1 heterocycles. The quantitative estimate of drug-likeness (QED) is 0.839. The molecule has 2 aromatic rings. The van der Waals surface area contributed by atoms with Gasteiger partial charge in [-0.25, -0.2) is 0 Å². The SMILES string of the molecule is O=C(Nc1ccc(Cl)c(Cl)c1)C1CC(=O)N(c2ccccc2Cl)C1. The van der Waals surface area contributed by atoms with Crippen LogP contribution in [0, 0.1) is 5.92 Å². The van der Waals surface area contributed by atoms with Crippen LogP contribution in [0.3, 0.4) is 0 Å². The number of hydrogen-bond donors (Lipinski definition) is 1. The summed E-state index contributed by atoms with van der Waals surface area (Å²) in [6, 6.07) is 11.9. The summed E-state index contributed by atoms with van der Waals surface area (Å²) in [5.41, 5.74) is 1.16. The normalized spacial score (nSPS) is 17.2. The van der Waals surface area contributed by atoms with Gasteiger partial charge in [0.2, 0.25) is 11.8 Å². The summed E-state index contributed by atoms with van der Waals surface area (Å²) in [5.74, 6) is -0.822. The molecule has 0 aliphatic carbocycles. The molecular formula is C17H13Cl3N2O2. The zero-order valence-electron chi connectivity index (χ0n) is 12.4. The van der Waals surface area contributed by atoms with Gasteiger partial charge >= 0.3 is 0 Å². The minimum Gasteiger partial charge on any atom is -0.326 e. The molecule has 2 amide bonds. The first-order valence-electron chi connectivity index (χ1n) is 7.26. The van der Waals surface area contributed by atoms with Crippen LogP contribution in [0.5, 0.6) is 0 Å². The Morgan fingerprint density at radius 1 is 1.04 bits per heavy atom. The molecule has 0 saturated carbocycles. The number of nitrogens with one attached hydrogen (secondary N) is 1. The molecule has 2 aromatic carbocycles. The molecular weight excluding hydrogens is 371 g/mol. The van der Waals surface area contributed by atoms with E-state index in [-0.39, 0.29) is 24.8 Å². The Bertz CT molecular complexity index is 810. The number of benzene rings is 2. The van der Waals surface area contributed by atoms with Crippen molar-refractivity contribution in [2.75, 3.05) is 16.8 Å². The number of anilines is 2. The van der Waals surface area contributed by atoms with E-state index < -0.39 is 5.92 Å². The lowest BCUT2D eigenvalue weighted by atomic mass is 10.1. The molecule has 0 aromatic heterocycles. The Morgan fingerprint density at radius 2 is 1.79 bits per heavy atom. The van der Waals surface area contributed by atoms with Crippen molar-refractivity contribution in [3.8, 4) is 0 Å². The van der Waals surface area contributed by atoms with Crippen molar-refractivity contribution in [1.29, 1.82) is 0 Å². The second-order valence-electron chi connectivity index (χ2n) is 5.47. The molecule has 7 heteroatoms. The summed E-state index contributed by atoms with van der Waals surface area (Å²) in [6.45, 7) is 0.287. The van der Waals surface area contributed by atoms with Crippen molar-refractivity contribution in [2.45, 2.75) is 6.42 Å². The minimum absolute atomic E-state index is 0.127. The minimum atomic E-state index is -0.455. The van der Waals surface area contributed by atoms with Crippen LogP contribution in [0.1, 0.15) is 6.42 Å². The van der Waals surface area contributed by atoms with E-state index in [0.29, 0.717) is 26.4 Å². The molecule has 1 atom stereocenters. The molecule has 0 bridgehead atoms. The van der Waals surface area contributed by atoms with Gasteiger partial charge in [-0.15, -0.1) is 0 Å². The van der Waals surface area contributed by atoms with Gasteiger partial charge in [0.15, 0.2) is 0 Å². The Hall–Kier alpha value is -1.75. The van der Waals surface area contributed by atoms with Gasteiger partial charge in [-0.05, 0) is 30.3 Å². The number of halogens is 3. The fourth-order valence-corrected chi connectivity index (χ4v) is 3.14. The Balaban J connectivity index is 1.72. The van der Waals surface area contributed by atoms with Crippen LogP contribution < -0.4 is 10.2 Å². The van der Waals surface area contributed by atoms with E-state index in [9.17, 15) is 9.59 Å². The van der Waals surface area contributed by atoms with Crippen LogP contribution in [0.15, 0.2) is 42.5 Å². The maximum atomic E-state index is 12.4. The van der Waals surface area contributed by atoms with Gasteiger partial charge in [-0.1, -0.05) is 46.9 Å². The highest BCUT2D eigenvalue weighted by molar-refractivity contribution is 6.42. The molecule has 0 spiro atoms. The van der Waals surface area contributed by atoms with E-state index in [4.69, 9.17) is 34.8 Å². The molecule has 0 radical (unpaired) electrons. The van der Waals surface area contributed by atoms with Gasteiger partial charge in [0.05, 0.1) is 26.7 Å². The third-order valence-corrected chi connectivity index (χ3v) is 4.88. The highest BCUT2D eigenvalue weighted by Gasteiger charge is 2.35. The average Bonchev–Trinajstić information content (AvgIpc) is 2.93. The van der Waals surface area contributed by atoms with E-state index in [1.165, 1.54) is 0 Å². The van der Waals surface area contributed by atoms with Gasteiger partial charge < -0.3 is 10.2 Å². The van der Waals surface area contributed by atoms with E-state index in [1.54, 1.807) is 47.4 Å². The van der Waals surface area contributed by atoms with Gasteiger partial charge in [0.25, 0.3) is 0 Å². The van der Waals surface area contributed by atoms with Crippen molar-refractivity contribution < 1.29 is 9.59 Å². The molecule has 124 valence electrons. The Morgan fingerprint density at radius 3 is 2.50 bits per heavy atom. The maximum absolute atomic E-state index is 12.4. The third-order valence-electron chi connectivity index (χ3n) is 3.83. The summed E-state index contributed by atoms with van der Waals surface area (Å²) < 4.78 is 0. The lowest BCUT2D eigenvalue weighted by Crippen LogP contribution is -2.28. The summed E-state index contributed by atoms with van der Waals surface area (Å²) >= 11 is 17.9. The number of carbonyl (C=O) groups excluding carboxylic acids is 2. The molecule has 24 heavy (non-hydrogen) atoms. The first-order valence-corrected chi connectivity index (χ1v) is 8.40. The smallest absolute Gasteiger partial charge is 0.229 e. The predicted octanol–water partition coefficient (Wildman–Crippen LogP) is 4.64. The number of carbonyl (C=O) groups is 2. The van der Waals surface area contributed by atoms with Crippen molar-refractivity contribution in [1.82, 2.24) is 0 Å². The molecule has 1 aliphatic rings. The molecule has 4 nitrogen and oxygen atoms in total. The van der Waals surface area contributed by atoms with Crippen LogP contribution >= 0.6 is 34.8 Å². The largest absolute Gasteiger partial charge is 0.326 e. The van der Waals surface area contributed by atoms with Gasteiger partial charge in [0, 0.05) is 18.7 Å². The van der Waals surface area contributed by atoms with E-state index in [2.05, 4.69) is 5.32 Å². The second-order valence-corrected chi connectivity index (χ2v) is 6.70. The van der Waals surface area contributed by atoms with E-state index >= 15 is 0 Å². The summed E-state index contributed by atoms with van der Waals surface area (Å²) in [4.78, 5) is 26.2. The Kier molecular flexibility index (Phi) is 4.99. The third kappa shape index (κ3) is 3.51. The number of rotatable bonds is 3. The zero-order chi connectivity index (χ0) is 17.3. The monoisotopic (exact) mass is 382 g/mol. The summed E-state index contributed by atoms with van der Waals surface area (Å²) in [6.07, 6.45) is 0.137. The molecule has 1 saturated heterocycles. The number of nitrogens with zero attached hydrogens (tertiary/aromatic N) is 1. The maximum Gasteiger partial charge on any atom is 0.229 e. The average molecular weight is 384 g/mol. The van der Waals surface area contributed by atoms with Crippen LogP contribution in [0.25, 0.3) is 0 Å². The number of para-hydroxylation sites is 1. The standard InChI is InChI=1S/C17H13Cl3N2O2/c18-12-6-5-11(8-14(12)20)21-17(24)10-7-16(23)22(9-10)15-4-2-1-3-13(15)19/h1-6,8,10H,7,9H2,(H,21,24). The summed E-state index contributed by atoms with van der Waals surface area (Å²) in [7, 11) is 0. The molecule has 1 fully saturated rings. The molecule has 3 rings (SSSR count). The van der Waals surface area contributed by atoms with Gasteiger partial charge in [-0.3, -0.25) is 9.59 Å². The van der Waals surface area contributed by atoms with Gasteiger partial charge in [0.1, 0.15) is 0 Å². The second kappa shape index (κ2) is 7.01. The topological polar surface area (TPSA) is 49.4 Å². The van der Waals surface area contributed by atoms with Gasteiger partial charge in [-0.2, -0.15) is 0 Å². The number of amides is 2. The zero-order valence-corrected chi connectivity index (χ0v) is 14.7. The lowest BCUT2D eigenvalue weighted by molar-refractivity contribution is -0.122. The lowest BCUT2D eigenvalue weighted by Gasteiger charge is -2.18. The first kappa shape index (κ1) is 17.1. The van der Waals surface area contributed by atoms with E-state index in [1.807, 2.05) is 0 Å². The highest BCUT2D eigenvalue weighted by Crippen LogP contribution is 2.32. The molecule has 1 N–H and O–H groups in total. The fourth-order valence-electron chi connectivity index (χ4n) is 2.60. The van der Waals surface area contributed by atoms with Crippen molar-refractivity contribution in [3.63, 3.8) is 0 Å². The summed E-state index contributed by atoms with van der Waals surface area (Å²) in [5, 5.41) is 4.02. The first-order chi connectivity index (χ1) is 11.5. The molecule has 1 unspecified atom stereocenters. The van der Waals surface area contributed by atoms with Crippen LogP contribution in [-0.4, -0.2) is 18.4 Å². The van der Waals surface area contributed by atoms with E-state index in [0.717, 1.165) is 0 Å². The Labute approximate surface area is 154 Å². The van der Waals surface area contributed by atoms with Crippen molar-refractivity contribution in [2.24, 2.45) is 5.92 Å². The molecule has 1 aliphatic heterocycles. The highest BCUT2D eigenvalue weighted by atomic mass is 35.5. The fraction of sp³-hybridized carbons (Fsp3) is 0.176. The van der Waals surface area contributed by atoms with Crippen molar-refractivity contribution in [3.05, 3.63) is 57.5 Å². The van der Waals surface area contributed by atoms with Crippen molar-refractivity contribution >= 4 is 58.0 Å². The van der Waals surface area contributed by atoms with Crippen LogP contribution in [0.2, 0.25) is 15.1 Å². The predicted molar refractivity (Wildman–Crippen MR) is 97.0 cm³/mol. The van der Waals surface area contributed by atoms with Crippen LogP contribution in [-0.2, 0) is 9.59 Å². The number of hydrogen-bond acceptors (Lipinski definition) is 2. The van der Waals surface area contributed by atoms with Crippen LogP contribution in [0.4, 0.5) is 11.4 Å².